The van der Waals surface area contributed by atoms with Crippen molar-refractivity contribution in [2.75, 3.05) is 26.7 Å². The fourth-order valence-corrected chi connectivity index (χ4v) is 2.96. The summed E-state index contributed by atoms with van der Waals surface area (Å²) in [5, 5.41) is 1.16. The van der Waals surface area contributed by atoms with Crippen LogP contribution in [0.15, 0.2) is 24.3 Å². The van der Waals surface area contributed by atoms with Crippen LogP contribution >= 0.6 is 0 Å². The van der Waals surface area contributed by atoms with E-state index in [4.69, 9.17) is 4.98 Å². The van der Waals surface area contributed by atoms with E-state index in [0.717, 1.165) is 48.6 Å². The minimum atomic E-state index is 0.559. The molecule has 0 amide bonds. The number of para-hydroxylation sites is 1. The van der Waals surface area contributed by atoms with E-state index in [1.807, 2.05) is 12.1 Å². The Hall–Kier alpha value is -1.52. The first-order chi connectivity index (χ1) is 9.63. The molecule has 0 spiro atoms. The van der Waals surface area contributed by atoms with Crippen LogP contribution < -0.4 is 0 Å². The van der Waals surface area contributed by atoms with E-state index in [0.29, 0.717) is 6.04 Å². The van der Waals surface area contributed by atoms with Crippen LogP contribution in [-0.4, -0.2) is 52.5 Å². The van der Waals surface area contributed by atoms with Gasteiger partial charge in [0.25, 0.3) is 0 Å². The molecule has 1 aromatic heterocycles. The Labute approximate surface area is 120 Å². The zero-order chi connectivity index (χ0) is 14.1. The summed E-state index contributed by atoms with van der Waals surface area (Å²) in [6.07, 6.45) is 0. The van der Waals surface area contributed by atoms with Crippen LogP contribution in [0.5, 0.6) is 0 Å². The van der Waals surface area contributed by atoms with Gasteiger partial charge in [-0.25, -0.2) is 9.97 Å². The van der Waals surface area contributed by atoms with Crippen LogP contribution in [0.2, 0.25) is 0 Å². The van der Waals surface area contributed by atoms with E-state index in [1.165, 1.54) is 0 Å². The first-order valence-electron chi connectivity index (χ1n) is 7.28. The molecule has 0 saturated carbocycles. The summed E-state index contributed by atoms with van der Waals surface area (Å²) in [5.74, 6) is 0.942. The number of rotatable bonds is 2. The number of piperazine rings is 1. The van der Waals surface area contributed by atoms with Gasteiger partial charge in [0.1, 0.15) is 5.82 Å². The van der Waals surface area contributed by atoms with Crippen LogP contribution in [-0.2, 0) is 6.54 Å². The van der Waals surface area contributed by atoms with Gasteiger partial charge in [-0.1, -0.05) is 18.2 Å². The molecule has 4 nitrogen and oxygen atoms in total. The Bertz CT molecular complexity index is 610. The first-order valence-corrected chi connectivity index (χ1v) is 7.28. The molecule has 20 heavy (non-hydrogen) atoms. The van der Waals surface area contributed by atoms with Gasteiger partial charge < -0.3 is 4.90 Å². The van der Waals surface area contributed by atoms with Gasteiger partial charge in [-0.05, 0) is 27.0 Å². The van der Waals surface area contributed by atoms with E-state index in [-0.39, 0.29) is 0 Å². The fourth-order valence-electron chi connectivity index (χ4n) is 2.96. The van der Waals surface area contributed by atoms with Gasteiger partial charge >= 0.3 is 0 Å². The summed E-state index contributed by atoms with van der Waals surface area (Å²) in [7, 11) is 2.19. The van der Waals surface area contributed by atoms with Crippen LogP contribution in [0, 0.1) is 6.92 Å². The van der Waals surface area contributed by atoms with Crippen molar-refractivity contribution < 1.29 is 0 Å². The summed E-state index contributed by atoms with van der Waals surface area (Å²) < 4.78 is 0. The number of aromatic nitrogens is 2. The SMILES string of the molecule is Cc1nc(CN2CCN(C)C[C@@H]2C)nc2ccccc12. The van der Waals surface area contributed by atoms with Gasteiger partial charge in [-0.15, -0.1) is 0 Å². The van der Waals surface area contributed by atoms with Gasteiger partial charge in [-0.2, -0.15) is 0 Å². The predicted molar refractivity (Wildman–Crippen MR) is 81.6 cm³/mol. The molecule has 1 aromatic carbocycles. The zero-order valence-electron chi connectivity index (χ0n) is 12.5. The molecule has 2 aromatic rings. The van der Waals surface area contributed by atoms with Gasteiger partial charge in [-0.3, -0.25) is 4.90 Å². The second-order valence-corrected chi connectivity index (χ2v) is 5.82. The van der Waals surface area contributed by atoms with E-state index < -0.39 is 0 Å². The lowest BCUT2D eigenvalue weighted by atomic mass is 10.2. The van der Waals surface area contributed by atoms with Crippen molar-refractivity contribution in [1.82, 2.24) is 19.8 Å². The highest BCUT2D eigenvalue weighted by molar-refractivity contribution is 5.80. The molecular formula is C16H22N4. The number of likely N-dealkylation sites (N-methyl/N-ethyl adjacent to an activating group) is 1. The van der Waals surface area contributed by atoms with Crippen molar-refractivity contribution in [3.05, 3.63) is 35.8 Å². The van der Waals surface area contributed by atoms with Crippen molar-refractivity contribution >= 4 is 10.9 Å². The smallest absolute Gasteiger partial charge is 0.143 e. The molecule has 1 fully saturated rings. The molecule has 4 heteroatoms. The van der Waals surface area contributed by atoms with Gasteiger partial charge in [0.05, 0.1) is 12.1 Å². The molecule has 2 heterocycles. The molecule has 1 aliphatic heterocycles. The number of benzene rings is 1. The molecule has 106 valence electrons. The number of hydrogen-bond donors (Lipinski definition) is 0. The average Bonchev–Trinajstić information content (AvgIpc) is 2.42. The lowest BCUT2D eigenvalue weighted by molar-refractivity contribution is 0.0915. The number of hydrogen-bond acceptors (Lipinski definition) is 4. The van der Waals surface area contributed by atoms with Gasteiger partial charge in [0.2, 0.25) is 0 Å². The Balaban J connectivity index is 1.84. The lowest BCUT2D eigenvalue weighted by Gasteiger charge is -2.37. The second-order valence-electron chi connectivity index (χ2n) is 5.82. The van der Waals surface area contributed by atoms with Crippen LogP contribution in [0.25, 0.3) is 10.9 Å². The summed E-state index contributed by atoms with van der Waals surface area (Å²) in [4.78, 5) is 14.3. The average molecular weight is 270 g/mol. The van der Waals surface area contributed by atoms with Gasteiger partial charge in [0, 0.05) is 36.8 Å². The molecule has 3 rings (SSSR count). The normalized spacial score (nSPS) is 21.4. The molecule has 0 unspecified atom stereocenters. The number of aryl methyl sites for hydroxylation is 1. The monoisotopic (exact) mass is 270 g/mol. The maximum absolute atomic E-state index is 4.72. The highest BCUT2D eigenvalue weighted by Crippen LogP contribution is 2.17. The standard InChI is InChI=1S/C16H22N4/c1-12-10-19(3)8-9-20(12)11-16-17-13(2)14-6-4-5-7-15(14)18-16/h4-7,12H,8-11H2,1-3H3/t12-/m0/s1. The molecular weight excluding hydrogens is 248 g/mol. The van der Waals surface area contributed by atoms with Crippen LogP contribution in [0.4, 0.5) is 0 Å². The van der Waals surface area contributed by atoms with Gasteiger partial charge in [0.15, 0.2) is 0 Å². The summed E-state index contributed by atoms with van der Waals surface area (Å²) in [6.45, 7) is 8.53. The minimum Gasteiger partial charge on any atom is -0.304 e. The Morgan fingerprint density at radius 3 is 2.80 bits per heavy atom. The van der Waals surface area contributed by atoms with Crippen molar-refractivity contribution in [1.29, 1.82) is 0 Å². The molecule has 1 atom stereocenters. The second kappa shape index (κ2) is 5.46. The first kappa shape index (κ1) is 13.5. The molecule has 0 aliphatic carbocycles. The molecule has 1 saturated heterocycles. The highest BCUT2D eigenvalue weighted by Gasteiger charge is 2.22. The highest BCUT2D eigenvalue weighted by atomic mass is 15.3. The molecule has 0 bridgehead atoms. The third-order valence-electron chi connectivity index (χ3n) is 4.15. The van der Waals surface area contributed by atoms with Crippen molar-refractivity contribution in [2.24, 2.45) is 0 Å². The maximum atomic E-state index is 4.72. The molecule has 0 N–H and O–H groups in total. The van der Waals surface area contributed by atoms with Crippen LogP contribution in [0.3, 0.4) is 0 Å². The summed E-state index contributed by atoms with van der Waals surface area (Å²) in [6, 6.07) is 8.80. The van der Waals surface area contributed by atoms with Crippen molar-refractivity contribution in [3.8, 4) is 0 Å². The summed E-state index contributed by atoms with van der Waals surface area (Å²) in [5.41, 5.74) is 2.13. The third-order valence-corrected chi connectivity index (χ3v) is 4.15. The maximum Gasteiger partial charge on any atom is 0.143 e. The van der Waals surface area contributed by atoms with Crippen molar-refractivity contribution in [2.45, 2.75) is 26.4 Å². The Morgan fingerprint density at radius 1 is 1.20 bits per heavy atom. The van der Waals surface area contributed by atoms with E-state index >= 15 is 0 Å². The summed E-state index contributed by atoms with van der Waals surface area (Å²) >= 11 is 0. The van der Waals surface area contributed by atoms with Crippen LogP contribution in [0.1, 0.15) is 18.4 Å². The Kier molecular flexibility index (Phi) is 3.68. The minimum absolute atomic E-state index is 0.559. The fraction of sp³-hybridized carbons (Fsp3) is 0.500. The third kappa shape index (κ3) is 2.67. The van der Waals surface area contributed by atoms with E-state index in [2.05, 4.69) is 47.8 Å². The zero-order valence-corrected chi connectivity index (χ0v) is 12.5. The topological polar surface area (TPSA) is 32.3 Å². The van der Waals surface area contributed by atoms with Crippen molar-refractivity contribution in [3.63, 3.8) is 0 Å². The lowest BCUT2D eigenvalue weighted by Crippen LogP contribution is -2.50. The predicted octanol–water partition coefficient (Wildman–Crippen LogP) is 2.07. The van der Waals surface area contributed by atoms with E-state index in [1.54, 1.807) is 0 Å². The largest absolute Gasteiger partial charge is 0.304 e. The number of nitrogens with zero attached hydrogens (tertiary/aromatic N) is 4. The number of fused-ring (bicyclic) bond motifs is 1. The van der Waals surface area contributed by atoms with E-state index in [9.17, 15) is 0 Å². The molecule has 1 aliphatic rings. The quantitative estimate of drug-likeness (QED) is 0.836. The Morgan fingerprint density at radius 2 is 2.00 bits per heavy atom. The molecule has 0 radical (unpaired) electrons.